The van der Waals surface area contributed by atoms with Crippen molar-refractivity contribution in [2.75, 3.05) is 7.11 Å². The molecule has 0 aliphatic carbocycles. The van der Waals surface area contributed by atoms with Gasteiger partial charge in [0.2, 0.25) is 5.91 Å². The summed E-state index contributed by atoms with van der Waals surface area (Å²) in [6.45, 7) is 2.44. The van der Waals surface area contributed by atoms with Gasteiger partial charge in [0.15, 0.2) is 11.5 Å². The quantitative estimate of drug-likeness (QED) is 0.899. The van der Waals surface area contributed by atoms with E-state index < -0.39 is 5.91 Å². The number of hydrogen-bond acceptors (Lipinski definition) is 3. The first-order valence-corrected chi connectivity index (χ1v) is 7.16. The van der Waals surface area contributed by atoms with Crippen LogP contribution in [0.15, 0.2) is 40.9 Å². The Morgan fingerprint density at radius 1 is 1.24 bits per heavy atom. The minimum absolute atomic E-state index is 0.362. The van der Waals surface area contributed by atoms with Crippen LogP contribution in [0.1, 0.15) is 21.5 Å². The van der Waals surface area contributed by atoms with Gasteiger partial charge in [0.05, 0.1) is 11.6 Å². The molecule has 0 heterocycles. The minimum atomic E-state index is -0.515. The topological polar surface area (TPSA) is 61.5 Å². The summed E-state index contributed by atoms with van der Waals surface area (Å²) in [5.74, 6) is 0.493. The van der Waals surface area contributed by atoms with Gasteiger partial charge >= 0.3 is 0 Å². The maximum atomic E-state index is 11.2. The molecule has 5 heteroatoms. The van der Waals surface area contributed by atoms with Gasteiger partial charge in [-0.05, 0) is 40.5 Å². The van der Waals surface area contributed by atoms with Gasteiger partial charge in [0.1, 0.15) is 6.61 Å². The van der Waals surface area contributed by atoms with E-state index in [-0.39, 0.29) is 0 Å². The van der Waals surface area contributed by atoms with Crippen LogP contribution in [0.3, 0.4) is 0 Å². The Morgan fingerprint density at radius 3 is 2.48 bits per heavy atom. The van der Waals surface area contributed by atoms with Gasteiger partial charge in [-0.15, -0.1) is 0 Å². The summed E-state index contributed by atoms with van der Waals surface area (Å²) in [6, 6.07) is 11.3. The molecule has 0 saturated carbocycles. The lowest BCUT2D eigenvalue weighted by Crippen LogP contribution is -2.11. The number of hydrogen-bond donors (Lipinski definition) is 1. The molecule has 0 fully saturated rings. The van der Waals surface area contributed by atoms with E-state index in [1.807, 2.05) is 31.2 Å². The highest BCUT2D eigenvalue weighted by atomic mass is 79.9. The fourth-order valence-corrected chi connectivity index (χ4v) is 2.40. The number of carbonyl (C=O) groups is 1. The van der Waals surface area contributed by atoms with E-state index in [1.165, 1.54) is 12.7 Å². The monoisotopic (exact) mass is 349 g/mol. The summed E-state index contributed by atoms with van der Waals surface area (Å²) >= 11 is 3.38. The van der Waals surface area contributed by atoms with Crippen molar-refractivity contribution in [1.82, 2.24) is 0 Å². The molecule has 2 aromatic rings. The van der Waals surface area contributed by atoms with Gasteiger partial charge < -0.3 is 15.2 Å². The van der Waals surface area contributed by atoms with Crippen molar-refractivity contribution in [2.24, 2.45) is 5.73 Å². The lowest BCUT2D eigenvalue weighted by molar-refractivity contribution is 0.1000. The molecule has 2 N–H and O–H groups in total. The second-order valence-corrected chi connectivity index (χ2v) is 5.48. The summed E-state index contributed by atoms with van der Waals surface area (Å²) in [6.07, 6.45) is 0. The number of benzene rings is 2. The molecular formula is C16H16BrNO3. The predicted octanol–water partition coefficient (Wildman–Crippen LogP) is 3.44. The van der Waals surface area contributed by atoms with E-state index >= 15 is 0 Å². The average molecular weight is 350 g/mol. The maximum absolute atomic E-state index is 11.2. The Bertz CT molecular complexity index is 653. The number of halogens is 1. The zero-order valence-electron chi connectivity index (χ0n) is 11.9. The minimum Gasteiger partial charge on any atom is -0.493 e. The van der Waals surface area contributed by atoms with Gasteiger partial charge in [-0.25, -0.2) is 0 Å². The summed E-state index contributed by atoms with van der Waals surface area (Å²) < 4.78 is 11.7. The Labute approximate surface area is 132 Å². The predicted molar refractivity (Wildman–Crippen MR) is 84.7 cm³/mol. The summed E-state index contributed by atoms with van der Waals surface area (Å²) in [5, 5.41) is 0. The molecule has 2 rings (SSSR count). The Balaban J connectivity index is 2.23. The summed E-state index contributed by atoms with van der Waals surface area (Å²) in [5.41, 5.74) is 7.89. The van der Waals surface area contributed by atoms with Crippen LogP contribution in [0.5, 0.6) is 11.5 Å². The van der Waals surface area contributed by atoms with Gasteiger partial charge in [-0.3, -0.25) is 4.79 Å². The third-order valence-corrected chi connectivity index (χ3v) is 3.61. The van der Waals surface area contributed by atoms with Crippen molar-refractivity contribution >= 4 is 21.8 Å². The molecule has 0 aliphatic heterocycles. The molecule has 0 aliphatic rings. The number of primary amides is 1. The first-order chi connectivity index (χ1) is 10.0. The Kier molecular flexibility index (Phi) is 4.85. The third-order valence-electron chi connectivity index (χ3n) is 3.02. The van der Waals surface area contributed by atoms with Crippen molar-refractivity contribution in [3.63, 3.8) is 0 Å². The Morgan fingerprint density at radius 2 is 1.90 bits per heavy atom. The van der Waals surface area contributed by atoms with E-state index in [0.29, 0.717) is 28.1 Å². The van der Waals surface area contributed by atoms with Crippen molar-refractivity contribution in [3.8, 4) is 11.5 Å². The van der Waals surface area contributed by atoms with Crippen molar-refractivity contribution < 1.29 is 14.3 Å². The van der Waals surface area contributed by atoms with E-state index in [1.54, 1.807) is 12.1 Å². The smallest absolute Gasteiger partial charge is 0.248 e. The number of rotatable bonds is 5. The molecule has 0 saturated heterocycles. The first-order valence-electron chi connectivity index (χ1n) is 6.37. The van der Waals surface area contributed by atoms with Crippen molar-refractivity contribution in [2.45, 2.75) is 13.5 Å². The lowest BCUT2D eigenvalue weighted by atomic mass is 10.1. The zero-order chi connectivity index (χ0) is 15.4. The van der Waals surface area contributed by atoms with Crippen LogP contribution in [0.25, 0.3) is 0 Å². The number of aryl methyl sites for hydroxylation is 1. The molecule has 0 unspecified atom stereocenters. The fraction of sp³-hybridized carbons (Fsp3) is 0.188. The highest BCUT2D eigenvalue weighted by molar-refractivity contribution is 9.10. The van der Waals surface area contributed by atoms with Gasteiger partial charge in [0.25, 0.3) is 0 Å². The molecule has 0 spiro atoms. The molecule has 0 aromatic heterocycles. The van der Waals surface area contributed by atoms with E-state index in [4.69, 9.17) is 15.2 Å². The normalized spacial score (nSPS) is 10.2. The molecule has 4 nitrogen and oxygen atoms in total. The van der Waals surface area contributed by atoms with Crippen molar-refractivity contribution in [1.29, 1.82) is 0 Å². The molecule has 0 bridgehead atoms. The van der Waals surface area contributed by atoms with Crippen LogP contribution in [0.4, 0.5) is 0 Å². The molecule has 2 aromatic carbocycles. The number of ether oxygens (including phenoxy) is 2. The number of carbonyl (C=O) groups excluding carboxylic acids is 1. The van der Waals surface area contributed by atoms with Gasteiger partial charge in [-0.1, -0.05) is 29.8 Å². The second-order valence-electron chi connectivity index (χ2n) is 4.63. The summed E-state index contributed by atoms with van der Waals surface area (Å²) in [4.78, 5) is 11.2. The van der Waals surface area contributed by atoms with Crippen LogP contribution >= 0.6 is 15.9 Å². The SMILES string of the molecule is COc1cc(C(N)=O)cc(Br)c1OCc1ccc(C)cc1. The van der Waals surface area contributed by atoms with E-state index in [2.05, 4.69) is 15.9 Å². The highest BCUT2D eigenvalue weighted by Gasteiger charge is 2.14. The molecule has 0 atom stereocenters. The van der Waals surface area contributed by atoms with E-state index in [9.17, 15) is 4.79 Å². The molecule has 21 heavy (non-hydrogen) atoms. The molecule has 0 radical (unpaired) electrons. The number of nitrogens with two attached hydrogens (primary N) is 1. The largest absolute Gasteiger partial charge is 0.493 e. The van der Waals surface area contributed by atoms with Crippen LogP contribution in [-0.4, -0.2) is 13.0 Å². The molecule has 110 valence electrons. The standard InChI is InChI=1S/C16H16BrNO3/c1-10-3-5-11(6-4-10)9-21-15-13(17)7-12(16(18)19)8-14(15)20-2/h3-8H,9H2,1-2H3,(H2,18,19). The van der Waals surface area contributed by atoms with Crippen LogP contribution < -0.4 is 15.2 Å². The molecular weight excluding hydrogens is 334 g/mol. The maximum Gasteiger partial charge on any atom is 0.248 e. The van der Waals surface area contributed by atoms with E-state index in [0.717, 1.165) is 5.56 Å². The number of methoxy groups -OCH3 is 1. The fourth-order valence-electron chi connectivity index (χ4n) is 1.84. The van der Waals surface area contributed by atoms with Gasteiger partial charge in [-0.2, -0.15) is 0 Å². The summed E-state index contributed by atoms with van der Waals surface area (Å²) in [7, 11) is 1.52. The van der Waals surface area contributed by atoms with Crippen LogP contribution in [-0.2, 0) is 6.61 Å². The lowest BCUT2D eigenvalue weighted by Gasteiger charge is -2.13. The van der Waals surface area contributed by atoms with Crippen LogP contribution in [0, 0.1) is 6.92 Å². The average Bonchev–Trinajstić information content (AvgIpc) is 2.46. The number of amides is 1. The highest BCUT2D eigenvalue weighted by Crippen LogP contribution is 2.37. The third kappa shape index (κ3) is 3.76. The first kappa shape index (κ1) is 15.4. The Hall–Kier alpha value is -2.01. The zero-order valence-corrected chi connectivity index (χ0v) is 13.4. The van der Waals surface area contributed by atoms with Crippen LogP contribution in [0.2, 0.25) is 0 Å². The second kappa shape index (κ2) is 6.63. The molecule has 1 amide bonds. The van der Waals surface area contributed by atoms with Crippen molar-refractivity contribution in [3.05, 3.63) is 57.6 Å². The van der Waals surface area contributed by atoms with Gasteiger partial charge in [0, 0.05) is 5.56 Å².